The molecular weight excluding hydrogens is 308 g/mol. The summed E-state index contributed by atoms with van der Waals surface area (Å²) >= 11 is 0. The van der Waals surface area contributed by atoms with Crippen LogP contribution in [0, 0.1) is 5.92 Å². The van der Waals surface area contributed by atoms with Crippen LogP contribution < -0.4 is 4.74 Å². The molecule has 0 radical (unpaired) electrons. The first kappa shape index (κ1) is 19.9. The Hall–Kier alpha value is -2.14. The van der Waals surface area contributed by atoms with E-state index < -0.39 is 12.1 Å². The lowest BCUT2D eigenvalue weighted by atomic mass is 9.95. The maximum absolute atomic E-state index is 12.1. The standard InChI is InChI=1S/C19H26O5/c1-13(2)14(3)18(22)9-10-19(24-15(4)21)16-5-7-17(8-6-16)23-12-11-20/h5-8,13,19-20H,3,9-12H2,1-2,4H3/t19-/m1/s1. The molecule has 0 aliphatic heterocycles. The van der Waals surface area contributed by atoms with Crippen LogP contribution in [0.1, 0.15) is 45.3 Å². The molecule has 1 rings (SSSR count). The van der Waals surface area contributed by atoms with Gasteiger partial charge in [0.2, 0.25) is 0 Å². The number of hydrogen-bond donors (Lipinski definition) is 1. The van der Waals surface area contributed by atoms with E-state index in [0.29, 0.717) is 17.7 Å². The van der Waals surface area contributed by atoms with Crippen LogP contribution in [0.4, 0.5) is 0 Å². The zero-order chi connectivity index (χ0) is 18.1. The third-order valence-electron chi connectivity index (χ3n) is 3.61. The number of ether oxygens (including phenoxy) is 2. The van der Waals surface area contributed by atoms with E-state index in [-0.39, 0.29) is 31.3 Å². The Bertz CT molecular complexity index is 560. The zero-order valence-corrected chi connectivity index (χ0v) is 14.6. The molecule has 1 N–H and O–H groups in total. The molecule has 1 aromatic rings. The topological polar surface area (TPSA) is 72.8 Å². The monoisotopic (exact) mass is 334 g/mol. The Kier molecular flexibility index (Phi) is 8.19. The number of aliphatic hydroxyl groups is 1. The van der Waals surface area contributed by atoms with Gasteiger partial charge in [-0.2, -0.15) is 0 Å². The number of allylic oxidation sites excluding steroid dienone is 1. The molecule has 0 spiro atoms. The molecule has 0 heterocycles. The number of esters is 1. The molecule has 132 valence electrons. The van der Waals surface area contributed by atoms with Gasteiger partial charge in [0, 0.05) is 13.3 Å². The molecule has 0 aliphatic rings. The van der Waals surface area contributed by atoms with E-state index in [1.807, 2.05) is 13.8 Å². The number of ketones is 1. The first-order valence-electron chi connectivity index (χ1n) is 8.08. The van der Waals surface area contributed by atoms with Gasteiger partial charge in [0.15, 0.2) is 5.78 Å². The zero-order valence-electron chi connectivity index (χ0n) is 14.6. The summed E-state index contributed by atoms with van der Waals surface area (Å²) in [5.41, 5.74) is 1.38. The fourth-order valence-electron chi connectivity index (χ4n) is 2.18. The second-order valence-corrected chi connectivity index (χ2v) is 5.88. The van der Waals surface area contributed by atoms with Crippen LogP contribution in [0.2, 0.25) is 0 Å². The van der Waals surface area contributed by atoms with Crippen molar-refractivity contribution < 1.29 is 24.2 Å². The van der Waals surface area contributed by atoms with Gasteiger partial charge in [0.25, 0.3) is 0 Å². The minimum atomic E-state index is -0.488. The van der Waals surface area contributed by atoms with Crippen molar-refractivity contribution in [3.63, 3.8) is 0 Å². The van der Waals surface area contributed by atoms with E-state index in [1.165, 1.54) is 6.92 Å². The van der Waals surface area contributed by atoms with Crippen LogP contribution in [0.3, 0.4) is 0 Å². The van der Waals surface area contributed by atoms with Gasteiger partial charge in [0.1, 0.15) is 18.5 Å². The van der Waals surface area contributed by atoms with Gasteiger partial charge in [-0.3, -0.25) is 9.59 Å². The SMILES string of the molecule is C=C(C(=O)CC[C@@H](OC(C)=O)c1ccc(OCCO)cc1)C(C)C. The van der Waals surface area contributed by atoms with Crippen molar-refractivity contribution in [2.75, 3.05) is 13.2 Å². The Morgan fingerprint density at radius 1 is 1.21 bits per heavy atom. The Balaban J connectivity index is 2.76. The Morgan fingerprint density at radius 3 is 2.33 bits per heavy atom. The summed E-state index contributed by atoms with van der Waals surface area (Å²) in [6, 6.07) is 7.08. The molecule has 0 saturated heterocycles. The summed E-state index contributed by atoms with van der Waals surface area (Å²) in [6.07, 6.45) is 0.192. The lowest BCUT2D eigenvalue weighted by Gasteiger charge is -2.18. The van der Waals surface area contributed by atoms with Crippen molar-refractivity contribution in [3.05, 3.63) is 42.0 Å². The maximum Gasteiger partial charge on any atom is 0.303 e. The highest BCUT2D eigenvalue weighted by Gasteiger charge is 2.18. The third-order valence-corrected chi connectivity index (χ3v) is 3.61. The van der Waals surface area contributed by atoms with Crippen LogP contribution in [-0.4, -0.2) is 30.1 Å². The van der Waals surface area contributed by atoms with Crippen LogP contribution in [0.15, 0.2) is 36.4 Å². The quantitative estimate of drug-likeness (QED) is 0.525. The number of rotatable bonds is 10. The molecule has 5 nitrogen and oxygen atoms in total. The number of carbonyl (C=O) groups is 2. The van der Waals surface area contributed by atoms with E-state index in [4.69, 9.17) is 14.6 Å². The molecule has 0 amide bonds. The third kappa shape index (κ3) is 6.54. The fraction of sp³-hybridized carbons (Fsp3) is 0.474. The highest BCUT2D eigenvalue weighted by molar-refractivity contribution is 5.95. The molecule has 0 aliphatic carbocycles. The predicted molar refractivity (Wildman–Crippen MR) is 91.7 cm³/mol. The number of Topliss-reactive ketones (excluding diaryl/α,β-unsaturated/α-hetero) is 1. The predicted octanol–water partition coefficient (Wildman–Crippen LogP) is 3.22. The highest BCUT2D eigenvalue weighted by atomic mass is 16.5. The van der Waals surface area contributed by atoms with Gasteiger partial charge < -0.3 is 14.6 Å². The summed E-state index contributed by atoms with van der Waals surface area (Å²) in [5.74, 6) is 0.326. The second kappa shape index (κ2) is 9.88. The van der Waals surface area contributed by atoms with Gasteiger partial charge in [0.05, 0.1) is 6.61 Å². The molecule has 1 atom stereocenters. The normalized spacial score (nSPS) is 11.9. The molecule has 24 heavy (non-hydrogen) atoms. The number of hydrogen-bond acceptors (Lipinski definition) is 5. The number of carbonyl (C=O) groups excluding carboxylic acids is 2. The van der Waals surface area contributed by atoms with Crippen molar-refractivity contribution >= 4 is 11.8 Å². The van der Waals surface area contributed by atoms with Crippen molar-refractivity contribution in [1.82, 2.24) is 0 Å². The number of benzene rings is 1. The summed E-state index contributed by atoms with van der Waals surface area (Å²) in [5, 5.41) is 8.75. The van der Waals surface area contributed by atoms with E-state index >= 15 is 0 Å². The van der Waals surface area contributed by atoms with Crippen molar-refractivity contribution in [3.8, 4) is 5.75 Å². The van der Waals surface area contributed by atoms with Crippen LogP contribution in [0.25, 0.3) is 0 Å². The first-order chi connectivity index (χ1) is 11.3. The van der Waals surface area contributed by atoms with Crippen molar-refractivity contribution in [2.45, 2.75) is 39.7 Å². The lowest BCUT2D eigenvalue weighted by molar-refractivity contribution is -0.147. The maximum atomic E-state index is 12.1. The highest BCUT2D eigenvalue weighted by Crippen LogP contribution is 2.26. The van der Waals surface area contributed by atoms with Gasteiger partial charge in [-0.05, 0) is 35.6 Å². The summed E-state index contributed by atoms with van der Waals surface area (Å²) < 4.78 is 10.6. The van der Waals surface area contributed by atoms with Crippen molar-refractivity contribution in [1.29, 1.82) is 0 Å². The lowest BCUT2D eigenvalue weighted by Crippen LogP contribution is -2.13. The average molecular weight is 334 g/mol. The first-order valence-corrected chi connectivity index (χ1v) is 8.08. The van der Waals surface area contributed by atoms with Crippen LogP contribution in [0.5, 0.6) is 5.75 Å². The molecule has 0 fully saturated rings. The van der Waals surface area contributed by atoms with Gasteiger partial charge in [-0.15, -0.1) is 0 Å². The van der Waals surface area contributed by atoms with E-state index in [2.05, 4.69) is 6.58 Å². The summed E-state index contributed by atoms with van der Waals surface area (Å²) in [4.78, 5) is 23.4. The molecule has 0 aromatic heterocycles. The molecule has 0 unspecified atom stereocenters. The minimum Gasteiger partial charge on any atom is -0.491 e. The summed E-state index contributed by atoms with van der Waals surface area (Å²) in [7, 11) is 0. The van der Waals surface area contributed by atoms with E-state index in [1.54, 1.807) is 24.3 Å². The minimum absolute atomic E-state index is 0.00921. The second-order valence-electron chi connectivity index (χ2n) is 5.88. The molecule has 5 heteroatoms. The average Bonchev–Trinajstić information content (AvgIpc) is 2.55. The molecule has 0 bridgehead atoms. The van der Waals surface area contributed by atoms with Crippen LogP contribution >= 0.6 is 0 Å². The fourth-order valence-corrected chi connectivity index (χ4v) is 2.18. The molecule has 1 aromatic carbocycles. The van der Waals surface area contributed by atoms with Gasteiger partial charge in [-0.25, -0.2) is 0 Å². The smallest absolute Gasteiger partial charge is 0.303 e. The van der Waals surface area contributed by atoms with E-state index in [0.717, 1.165) is 5.56 Å². The molecular formula is C19H26O5. The van der Waals surface area contributed by atoms with Gasteiger partial charge >= 0.3 is 5.97 Å². The van der Waals surface area contributed by atoms with Crippen molar-refractivity contribution in [2.24, 2.45) is 5.92 Å². The van der Waals surface area contributed by atoms with E-state index in [9.17, 15) is 9.59 Å². The van der Waals surface area contributed by atoms with Crippen LogP contribution in [-0.2, 0) is 14.3 Å². The number of aliphatic hydroxyl groups excluding tert-OH is 1. The summed E-state index contributed by atoms with van der Waals surface area (Å²) in [6.45, 7) is 9.18. The Labute approximate surface area is 143 Å². The van der Waals surface area contributed by atoms with Gasteiger partial charge in [-0.1, -0.05) is 32.6 Å². The Morgan fingerprint density at radius 2 is 1.83 bits per heavy atom. The molecule has 0 saturated carbocycles. The largest absolute Gasteiger partial charge is 0.491 e.